The Balaban J connectivity index is 1.67. The largest absolute Gasteiger partial charge is 0.389 e. The van der Waals surface area contributed by atoms with Gasteiger partial charge in [-0.05, 0) is 30.9 Å². The monoisotopic (exact) mass is 332 g/mol. The van der Waals surface area contributed by atoms with Crippen LogP contribution in [0, 0.1) is 5.92 Å². The van der Waals surface area contributed by atoms with Gasteiger partial charge in [-0.3, -0.25) is 0 Å². The van der Waals surface area contributed by atoms with Crippen molar-refractivity contribution in [1.29, 1.82) is 0 Å². The number of aliphatic hydroxyl groups is 1. The van der Waals surface area contributed by atoms with Crippen molar-refractivity contribution in [3.8, 4) is 0 Å². The zero-order valence-electron chi connectivity index (χ0n) is 11.4. The van der Waals surface area contributed by atoms with E-state index in [0.29, 0.717) is 23.2 Å². The summed E-state index contributed by atoms with van der Waals surface area (Å²) in [6.45, 7) is 1.00. The van der Waals surface area contributed by atoms with Crippen LogP contribution in [0.2, 0.25) is 10.0 Å². The molecule has 0 aliphatic heterocycles. The number of urea groups is 1. The van der Waals surface area contributed by atoms with Gasteiger partial charge in [-0.2, -0.15) is 0 Å². The van der Waals surface area contributed by atoms with E-state index in [2.05, 4.69) is 10.6 Å². The summed E-state index contributed by atoms with van der Waals surface area (Å²) in [5.41, 5.74) is 0.418. The third kappa shape index (κ3) is 5.71. The highest BCUT2D eigenvalue weighted by Crippen LogP contribution is 2.29. The van der Waals surface area contributed by atoms with Crippen LogP contribution in [0.3, 0.4) is 0 Å². The summed E-state index contributed by atoms with van der Waals surface area (Å²) >= 11 is 11.8. The smallest absolute Gasteiger partial charge is 0.319 e. The van der Waals surface area contributed by atoms with Crippen LogP contribution in [0.1, 0.15) is 12.8 Å². The Kier molecular flexibility index (Phi) is 6.11. The molecule has 3 N–H and O–H groups in total. The predicted molar refractivity (Wildman–Crippen MR) is 83.0 cm³/mol. The molecule has 0 saturated heterocycles. The number of anilines is 1. The van der Waals surface area contributed by atoms with E-state index in [1.165, 1.54) is 12.8 Å². The van der Waals surface area contributed by atoms with Crippen LogP contribution in [0.4, 0.5) is 10.5 Å². The van der Waals surface area contributed by atoms with Gasteiger partial charge in [-0.1, -0.05) is 29.3 Å². The first kappa shape index (κ1) is 16.4. The standard InChI is InChI=1S/C14H18Cl2N2O3/c15-11-2-1-3-12(13(11)16)18-14(20)17-6-10(19)8-21-7-9-4-5-9/h1-3,9-10,19H,4-8H2,(H2,17,18,20). The minimum absolute atomic E-state index is 0.106. The van der Waals surface area contributed by atoms with Crippen LogP contribution < -0.4 is 10.6 Å². The summed E-state index contributed by atoms with van der Waals surface area (Å²) in [5.74, 6) is 0.651. The van der Waals surface area contributed by atoms with Crippen molar-refractivity contribution in [2.75, 3.05) is 25.1 Å². The molecule has 1 aromatic rings. The van der Waals surface area contributed by atoms with Crippen molar-refractivity contribution in [1.82, 2.24) is 5.32 Å². The van der Waals surface area contributed by atoms with Crippen molar-refractivity contribution in [2.24, 2.45) is 5.92 Å². The first-order valence-electron chi connectivity index (χ1n) is 6.81. The fourth-order valence-electron chi connectivity index (χ4n) is 1.69. The number of carbonyl (C=O) groups is 1. The molecule has 0 radical (unpaired) electrons. The number of amides is 2. The van der Waals surface area contributed by atoms with Gasteiger partial charge in [0.1, 0.15) is 0 Å². The molecule has 1 atom stereocenters. The molecule has 5 nitrogen and oxygen atoms in total. The molecule has 1 aromatic carbocycles. The maximum atomic E-state index is 11.7. The zero-order chi connectivity index (χ0) is 15.2. The SMILES string of the molecule is O=C(NCC(O)COCC1CC1)Nc1cccc(Cl)c1Cl. The number of nitrogens with one attached hydrogen (secondary N) is 2. The third-order valence-corrected chi connectivity index (χ3v) is 3.88. The second-order valence-electron chi connectivity index (χ2n) is 5.07. The summed E-state index contributed by atoms with van der Waals surface area (Å²) in [6.07, 6.45) is 1.68. The van der Waals surface area contributed by atoms with Crippen LogP contribution in [0.15, 0.2) is 18.2 Å². The zero-order valence-corrected chi connectivity index (χ0v) is 13.0. The number of aliphatic hydroxyl groups excluding tert-OH is 1. The number of rotatable bonds is 7. The summed E-state index contributed by atoms with van der Waals surface area (Å²) in [7, 11) is 0. The molecule has 0 heterocycles. The molecule has 0 spiro atoms. The molecule has 0 aromatic heterocycles. The molecule has 7 heteroatoms. The Morgan fingerprint density at radius 3 is 2.90 bits per heavy atom. The van der Waals surface area contributed by atoms with Crippen molar-refractivity contribution >= 4 is 34.9 Å². The van der Waals surface area contributed by atoms with E-state index >= 15 is 0 Å². The van der Waals surface area contributed by atoms with Gasteiger partial charge in [0.2, 0.25) is 0 Å². The van der Waals surface area contributed by atoms with Crippen LogP contribution in [0.5, 0.6) is 0 Å². The van der Waals surface area contributed by atoms with Crippen LogP contribution in [-0.4, -0.2) is 37.0 Å². The highest BCUT2D eigenvalue weighted by Gasteiger charge is 2.21. The van der Waals surface area contributed by atoms with Gasteiger partial charge in [-0.25, -0.2) is 4.79 Å². The van der Waals surface area contributed by atoms with Crippen LogP contribution >= 0.6 is 23.2 Å². The molecule has 1 unspecified atom stereocenters. The van der Waals surface area contributed by atoms with Crippen molar-refractivity contribution in [2.45, 2.75) is 18.9 Å². The fraction of sp³-hybridized carbons (Fsp3) is 0.500. The van der Waals surface area contributed by atoms with Crippen LogP contribution in [-0.2, 0) is 4.74 Å². The van der Waals surface area contributed by atoms with Gasteiger partial charge in [0, 0.05) is 13.2 Å². The van der Waals surface area contributed by atoms with Crippen molar-refractivity contribution in [3.63, 3.8) is 0 Å². The Bertz CT molecular complexity index is 495. The summed E-state index contributed by atoms with van der Waals surface area (Å²) in [5, 5.41) is 15.4. The lowest BCUT2D eigenvalue weighted by atomic mass is 10.3. The number of hydrogen-bond donors (Lipinski definition) is 3. The second kappa shape index (κ2) is 7.84. The average Bonchev–Trinajstić information content (AvgIpc) is 3.26. The van der Waals surface area contributed by atoms with Crippen molar-refractivity contribution in [3.05, 3.63) is 28.2 Å². The van der Waals surface area contributed by atoms with Gasteiger partial charge in [0.05, 0.1) is 28.4 Å². The van der Waals surface area contributed by atoms with E-state index in [1.807, 2.05) is 0 Å². The lowest BCUT2D eigenvalue weighted by molar-refractivity contribution is 0.0339. The van der Waals surface area contributed by atoms with Gasteiger partial charge in [0.15, 0.2) is 0 Å². The Morgan fingerprint density at radius 2 is 2.19 bits per heavy atom. The molecular weight excluding hydrogens is 315 g/mol. The fourth-order valence-corrected chi connectivity index (χ4v) is 2.04. The number of halogens is 2. The van der Waals surface area contributed by atoms with E-state index < -0.39 is 12.1 Å². The molecule has 1 aliphatic carbocycles. The Hall–Kier alpha value is -1.01. The van der Waals surface area contributed by atoms with E-state index in [9.17, 15) is 9.90 Å². The third-order valence-electron chi connectivity index (χ3n) is 3.06. The quantitative estimate of drug-likeness (QED) is 0.719. The topological polar surface area (TPSA) is 70.6 Å². The van der Waals surface area contributed by atoms with Gasteiger partial charge in [-0.15, -0.1) is 0 Å². The number of hydrogen-bond acceptors (Lipinski definition) is 3. The molecule has 1 saturated carbocycles. The first-order valence-corrected chi connectivity index (χ1v) is 7.56. The molecule has 0 bridgehead atoms. The Labute approximate surface area is 133 Å². The first-order chi connectivity index (χ1) is 10.1. The molecule has 2 amide bonds. The summed E-state index contributed by atoms with van der Waals surface area (Å²) in [4.78, 5) is 11.7. The van der Waals surface area contributed by atoms with E-state index in [-0.39, 0.29) is 18.2 Å². The minimum atomic E-state index is -0.732. The molecule has 2 rings (SSSR count). The van der Waals surface area contributed by atoms with Crippen molar-refractivity contribution < 1.29 is 14.6 Å². The second-order valence-corrected chi connectivity index (χ2v) is 5.86. The molecule has 21 heavy (non-hydrogen) atoms. The Morgan fingerprint density at radius 1 is 1.43 bits per heavy atom. The van der Waals surface area contributed by atoms with E-state index in [0.717, 1.165) is 0 Å². The lowest BCUT2D eigenvalue weighted by Gasteiger charge is -2.13. The maximum absolute atomic E-state index is 11.7. The number of ether oxygens (including phenoxy) is 1. The minimum Gasteiger partial charge on any atom is -0.389 e. The molecular formula is C14H18Cl2N2O3. The van der Waals surface area contributed by atoms with E-state index in [4.69, 9.17) is 27.9 Å². The molecule has 1 aliphatic rings. The highest BCUT2D eigenvalue weighted by molar-refractivity contribution is 6.43. The molecule has 1 fully saturated rings. The number of benzene rings is 1. The lowest BCUT2D eigenvalue weighted by Crippen LogP contribution is -2.37. The number of carbonyl (C=O) groups excluding carboxylic acids is 1. The maximum Gasteiger partial charge on any atom is 0.319 e. The molecule has 116 valence electrons. The van der Waals surface area contributed by atoms with Crippen LogP contribution in [0.25, 0.3) is 0 Å². The van der Waals surface area contributed by atoms with E-state index in [1.54, 1.807) is 18.2 Å². The highest BCUT2D eigenvalue weighted by atomic mass is 35.5. The summed E-state index contributed by atoms with van der Waals surface area (Å²) < 4.78 is 5.34. The average molecular weight is 333 g/mol. The van der Waals surface area contributed by atoms with Gasteiger partial charge in [0.25, 0.3) is 0 Å². The van der Waals surface area contributed by atoms with Gasteiger partial charge >= 0.3 is 6.03 Å². The summed E-state index contributed by atoms with van der Waals surface area (Å²) in [6, 6.07) is 4.50. The van der Waals surface area contributed by atoms with Gasteiger partial charge < -0.3 is 20.5 Å². The predicted octanol–water partition coefficient (Wildman–Crippen LogP) is 2.90. The normalized spacial score (nSPS) is 15.6.